The van der Waals surface area contributed by atoms with Crippen LogP contribution in [-0.4, -0.2) is 39.9 Å². The number of nitrogens with one attached hydrogen (secondary N) is 1. The Morgan fingerprint density at radius 2 is 1.80 bits per heavy atom. The molecule has 184 valence electrons. The van der Waals surface area contributed by atoms with Crippen molar-refractivity contribution in [2.24, 2.45) is 0 Å². The van der Waals surface area contributed by atoms with Gasteiger partial charge in [-0.15, -0.1) is 0 Å². The maximum Gasteiger partial charge on any atom is 0.337 e. The van der Waals surface area contributed by atoms with E-state index in [1.54, 1.807) is 40.4 Å². The fourth-order valence-electron chi connectivity index (χ4n) is 4.59. The Balaban J connectivity index is 1.78. The van der Waals surface area contributed by atoms with Crippen LogP contribution in [0.3, 0.4) is 0 Å². The zero-order valence-electron chi connectivity index (χ0n) is 20.5. The number of ether oxygens (including phenoxy) is 5. The summed E-state index contributed by atoms with van der Waals surface area (Å²) in [6.07, 6.45) is -0.124. The molecular formula is C27H29NO7. The molecule has 0 radical (unpaired) electrons. The van der Waals surface area contributed by atoms with Gasteiger partial charge in [0.15, 0.2) is 11.5 Å². The summed E-state index contributed by atoms with van der Waals surface area (Å²) in [5.74, 6) is 0.125. The lowest BCUT2D eigenvalue weighted by atomic mass is 9.78. The molecule has 2 aliphatic heterocycles. The summed E-state index contributed by atoms with van der Waals surface area (Å²) in [5.41, 5.74) is 3.63. The van der Waals surface area contributed by atoms with Gasteiger partial charge < -0.3 is 29.0 Å². The Kier molecular flexibility index (Phi) is 7.00. The molecular weight excluding hydrogens is 450 g/mol. The number of rotatable bonds is 7. The van der Waals surface area contributed by atoms with E-state index in [4.69, 9.17) is 23.7 Å². The first-order valence-corrected chi connectivity index (χ1v) is 11.4. The Labute approximate surface area is 204 Å². The van der Waals surface area contributed by atoms with E-state index in [1.807, 2.05) is 37.3 Å². The summed E-state index contributed by atoms with van der Waals surface area (Å²) in [6.45, 7) is 3.78. The van der Waals surface area contributed by atoms with Crippen molar-refractivity contribution < 1.29 is 33.3 Å². The Morgan fingerprint density at radius 1 is 1.03 bits per heavy atom. The first-order chi connectivity index (χ1) is 16.9. The molecule has 0 aliphatic carbocycles. The summed E-state index contributed by atoms with van der Waals surface area (Å²) >= 11 is 0. The number of esters is 2. The van der Waals surface area contributed by atoms with Crippen LogP contribution in [0.4, 0.5) is 0 Å². The van der Waals surface area contributed by atoms with Crippen molar-refractivity contribution in [3.63, 3.8) is 0 Å². The van der Waals surface area contributed by atoms with E-state index in [9.17, 15) is 9.59 Å². The van der Waals surface area contributed by atoms with Gasteiger partial charge >= 0.3 is 11.9 Å². The van der Waals surface area contributed by atoms with Crippen LogP contribution in [0, 0.1) is 0 Å². The van der Waals surface area contributed by atoms with E-state index < -0.39 is 24.0 Å². The van der Waals surface area contributed by atoms with E-state index in [1.165, 1.54) is 0 Å². The monoisotopic (exact) mass is 479 g/mol. The molecule has 4 rings (SSSR count). The van der Waals surface area contributed by atoms with Gasteiger partial charge in [-0.1, -0.05) is 18.2 Å². The molecule has 8 nitrogen and oxygen atoms in total. The summed E-state index contributed by atoms with van der Waals surface area (Å²) in [6, 6.07) is 12.8. The van der Waals surface area contributed by atoms with Gasteiger partial charge in [0.2, 0.25) is 0 Å². The zero-order valence-corrected chi connectivity index (χ0v) is 20.5. The first kappa shape index (κ1) is 24.2. The fourth-order valence-corrected chi connectivity index (χ4v) is 4.59. The van der Waals surface area contributed by atoms with Crippen LogP contribution in [0.25, 0.3) is 0 Å². The second kappa shape index (κ2) is 10.1. The molecule has 2 heterocycles. The Hall–Kier alpha value is -3.94. The molecule has 0 spiro atoms. The van der Waals surface area contributed by atoms with Gasteiger partial charge in [0.05, 0.1) is 45.0 Å². The number of allylic oxidation sites excluding steroid dienone is 1. The van der Waals surface area contributed by atoms with Crippen LogP contribution in [-0.2, 0) is 19.1 Å². The number of dihydropyridines is 1. The molecule has 35 heavy (non-hydrogen) atoms. The van der Waals surface area contributed by atoms with Crippen molar-refractivity contribution in [1.29, 1.82) is 0 Å². The van der Waals surface area contributed by atoms with Crippen LogP contribution < -0.4 is 19.5 Å². The highest BCUT2D eigenvalue weighted by atomic mass is 16.5. The minimum Gasteiger partial charge on any atom is -0.497 e. The maximum absolute atomic E-state index is 13.5. The van der Waals surface area contributed by atoms with Crippen LogP contribution in [0.15, 0.2) is 65.0 Å². The second-order valence-corrected chi connectivity index (χ2v) is 8.20. The largest absolute Gasteiger partial charge is 0.497 e. The van der Waals surface area contributed by atoms with E-state index in [-0.39, 0.29) is 6.61 Å². The summed E-state index contributed by atoms with van der Waals surface area (Å²) in [5, 5.41) is 3.29. The number of carbonyl (C=O) groups excluding carboxylic acids is 2. The summed E-state index contributed by atoms with van der Waals surface area (Å²) in [7, 11) is 4.69. The van der Waals surface area contributed by atoms with Crippen molar-refractivity contribution in [2.75, 3.05) is 27.9 Å². The molecule has 0 saturated heterocycles. The highest BCUT2D eigenvalue weighted by Crippen LogP contribution is 2.46. The number of hydrogen-bond acceptors (Lipinski definition) is 8. The van der Waals surface area contributed by atoms with Crippen molar-refractivity contribution in [2.45, 2.75) is 32.3 Å². The van der Waals surface area contributed by atoms with Gasteiger partial charge in [-0.3, -0.25) is 0 Å². The van der Waals surface area contributed by atoms with E-state index in [2.05, 4.69) is 5.32 Å². The third-order valence-electron chi connectivity index (χ3n) is 6.21. The van der Waals surface area contributed by atoms with Gasteiger partial charge in [-0.2, -0.15) is 0 Å². The molecule has 0 saturated carbocycles. The predicted octanol–water partition coefficient (Wildman–Crippen LogP) is 4.18. The molecule has 0 bridgehead atoms. The standard InChI is InChI=1S/C27H29NO7/c1-6-34-26(29)23-15(2)28-19-14-21(16-10-11-20(32-4)22(13-16)33-5)35-27(30)25(19)24(23)17-8-7-9-18(12-17)31-3/h7-13,21,24,28H,6,14H2,1-5H3. The Bertz CT molecular complexity index is 1210. The highest BCUT2D eigenvalue weighted by Gasteiger charge is 2.43. The lowest BCUT2D eigenvalue weighted by molar-refractivity contribution is -0.146. The second-order valence-electron chi connectivity index (χ2n) is 8.20. The van der Waals surface area contributed by atoms with Crippen molar-refractivity contribution >= 4 is 11.9 Å². The normalized spacial score (nSPS) is 19.4. The third kappa shape index (κ3) is 4.56. The topological polar surface area (TPSA) is 92.3 Å². The van der Waals surface area contributed by atoms with Crippen LogP contribution in [0.1, 0.15) is 43.4 Å². The minimum atomic E-state index is -0.653. The summed E-state index contributed by atoms with van der Waals surface area (Å²) < 4.78 is 27.4. The SMILES string of the molecule is CCOC(=O)C1=C(C)NC2=C(C(=O)OC(c3ccc(OC)c(OC)c3)C2)C1c1cccc(OC)c1. The minimum absolute atomic E-state index is 0.220. The fraction of sp³-hybridized carbons (Fsp3) is 0.333. The number of methoxy groups -OCH3 is 3. The van der Waals surface area contributed by atoms with Crippen molar-refractivity contribution in [1.82, 2.24) is 5.32 Å². The molecule has 0 fully saturated rings. The third-order valence-corrected chi connectivity index (χ3v) is 6.21. The van der Waals surface area contributed by atoms with E-state index in [0.717, 1.165) is 11.1 Å². The maximum atomic E-state index is 13.5. The van der Waals surface area contributed by atoms with Gasteiger partial charge in [0.25, 0.3) is 0 Å². The number of carbonyl (C=O) groups is 2. The average Bonchev–Trinajstić information content (AvgIpc) is 2.87. The van der Waals surface area contributed by atoms with Crippen LogP contribution in [0.5, 0.6) is 17.2 Å². The lowest BCUT2D eigenvalue weighted by Gasteiger charge is -2.36. The molecule has 8 heteroatoms. The van der Waals surface area contributed by atoms with Crippen molar-refractivity contribution in [3.05, 3.63) is 76.1 Å². The molecule has 2 aromatic rings. The van der Waals surface area contributed by atoms with E-state index in [0.29, 0.717) is 46.2 Å². The van der Waals surface area contributed by atoms with Crippen molar-refractivity contribution in [3.8, 4) is 17.2 Å². The van der Waals surface area contributed by atoms with Gasteiger partial charge in [0, 0.05) is 17.8 Å². The van der Waals surface area contributed by atoms with Gasteiger partial charge in [-0.25, -0.2) is 9.59 Å². The first-order valence-electron chi connectivity index (χ1n) is 11.4. The number of cyclic esters (lactones) is 1. The Morgan fingerprint density at radius 3 is 2.49 bits per heavy atom. The highest BCUT2D eigenvalue weighted by molar-refractivity contribution is 6.00. The molecule has 2 atom stereocenters. The number of benzene rings is 2. The summed E-state index contributed by atoms with van der Waals surface area (Å²) in [4.78, 5) is 26.5. The van der Waals surface area contributed by atoms with Gasteiger partial charge in [0.1, 0.15) is 11.9 Å². The molecule has 2 aliphatic rings. The molecule has 1 N–H and O–H groups in total. The molecule has 2 aromatic carbocycles. The predicted molar refractivity (Wildman–Crippen MR) is 128 cm³/mol. The number of hydrogen-bond donors (Lipinski definition) is 1. The molecule has 0 amide bonds. The molecule has 2 unspecified atom stereocenters. The lowest BCUT2D eigenvalue weighted by Crippen LogP contribution is -2.37. The smallest absolute Gasteiger partial charge is 0.337 e. The average molecular weight is 480 g/mol. The van der Waals surface area contributed by atoms with E-state index >= 15 is 0 Å². The van der Waals surface area contributed by atoms with Crippen LogP contribution in [0.2, 0.25) is 0 Å². The molecule has 0 aromatic heterocycles. The van der Waals surface area contributed by atoms with Crippen LogP contribution >= 0.6 is 0 Å². The zero-order chi connectivity index (χ0) is 25.1. The quantitative estimate of drug-likeness (QED) is 0.592. The van der Waals surface area contributed by atoms with Gasteiger partial charge in [-0.05, 0) is 49.2 Å².